The quantitative estimate of drug-likeness (QED) is 0.284. The van der Waals surface area contributed by atoms with Gasteiger partial charge in [0.1, 0.15) is 12.6 Å². The number of carbonyl (C=O) groups excluding carboxylic acids is 3. The Morgan fingerprint density at radius 1 is 1.06 bits per heavy atom. The second-order valence-corrected chi connectivity index (χ2v) is 6.52. The Morgan fingerprint density at radius 3 is 2.41 bits per heavy atom. The van der Waals surface area contributed by atoms with Crippen LogP contribution in [0.4, 0.5) is 11.4 Å². The molecule has 0 aliphatic heterocycles. The van der Waals surface area contributed by atoms with Crippen LogP contribution in [0.25, 0.3) is 0 Å². The van der Waals surface area contributed by atoms with Gasteiger partial charge in [-0.2, -0.15) is 5.26 Å². The molecule has 12 heteroatoms. The average molecular weight is 470 g/mol. The summed E-state index contributed by atoms with van der Waals surface area (Å²) in [5.41, 5.74) is -0.164. The van der Waals surface area contributed by atoms with Crippen molar-refractivity contribution in [3.05, 3.63) is 57.6 Å². The highest BCUT2D eigenvalue weighted by molar-refractivity contribution is 5.97. The molecule has 0 heterocycles. The molecule has 0 radical (unpaired) electrons. The van der Waals surface area contributed by atoms with Gasteiger partial charge in [-0.05, 0) is 38.1 Å². The van der Waals surface area contributed by atoms with Crippen LogP contribution in [-0.4, -0.2) is 49.1 Å². The largest absolute Gasteiger partial charge is 0.490 e. The molecule has 12 nitrogen and oxygen atoms in total. The molecule has 0 unspecified atom stereocenters. The molecule has 2 aromatic carbocycles. The molecular weight excluding hydrogens is 448 g/mol. The minimum atomic E-state index is -0.872. The van der Waals surface area contributed by atoms with Gasteiger partial charge < -0.3 is 24.8 Å². The summed E-state index contributed by atoms with van der Waals surface area (Å²) in [6, 6.07) is 9.65. The van der Waals surface area contributed by atoms with Crippen LogP contribution in [0.15, 0.2) is 36.4 Å². The van der Waals surface area contributed by atoms with E-state index in [2.05, 4.69) is 10.6 Å². The molecule has 0 bridgehead atoms. The third kappa shape index (κ3) is 7.20. The summed E-state index contributed by atoms with van der Waals surface area (Å²) >= 11 is 0. The van der Waals surface area contributed by atoms with Gasteiger partial charge in [-0.3, -0.25) is 24.5 Å². The zero-order valence-electron chi connectivity index (χ0n) is 18.5. The van der Waals surface area contributed by atoms with E-state index in [0.29, 0.717) is 24.7 Å². The van der Waals surface area contributed by atoms with Crippen LogP contribution in [0.5, 0.6) is 11.5 Å². The summed E-state index contributed by atoms with van der Waals surface area (Å²) < 4.78 is 15.7. The van der Waals surface area contributed by atoms with Crippen LogP contribution in [0.1, 0.15) is 29.8 Å². The Labute approximate surface area is 194 Å². The molecule has 178 valence electrons. The van der Waals surface area contributed by atoms with Crippen molar-refractivity contribution < 1.29 is 33.5 Å². The van der Waals surface area contributed by atoms with Gasteiger partial charge in [0.05, 0.1) is 29.4 Å². The lowest BCUT2D eigenvalue weighted by molar-refractivity contribution is -0.384. The van der Waals surface area contributed by atoms with E-state index in [4.69, 9.17) is 19.5 Å². The maximum atomic E-state index is 12.3. The molecule has 0 aliphatic rings. The number of amides is 2. The number of esters is 1. The van der Waals surface area contributed by atoms with Gasteiger partial charge in [-0.1, -0.05) is 0 Å². The van der Waals surface area contributed by atoms with Crippen molar-refractivity contribution in [2.24, 2.45) is 0 Å². The number of hydrogen-bond acceptors (Lipinski definition) is 9. The zero-order valence-corrected chi connectivity index (χ0v) is 18.5. The minimum Gasteiger partial charge on any atom is -0.490 e. The first-order valence-corrected chi connectivity index (χ1v) is 10.1. The Kier molecular flexibility index (Phi) is 9.33. The molecule has 0 saturated heterocycles. The van der Waals surface area contributed by atoms with Gasteiger partial charge in [0.15, 0.2) is 18.1 Å². The van der Waals surface area contributed by atoms with Crippen molar-refractivity contribution in [2.75, 3.05) is 31.7 Å². The number of nitrogens with zero attached hydrogens (tertiary/aromatic N) is 2. The third-order valence-electron chi connectivity index (χ3n) is 4.17. The summed E-state index contributed by atoms with van der Waals surface area (Å²) in [5.74, 6) is -1.32. The third-order valence-corrected chi connectivity index (χ3v) is 4.17. The molecule has 2 aromatic rings. The van der Waals surface area contributed by atoms with Crippen LogP contribution in [-0.2, 0) is 14.3 Å². The highest BCUT2D eigenvalue weighted by Gasteiger charge is 2.16. The molecule has 0 aromatic heterocycles. The number of hydrogen-bond donors (Lipinski definition) is 2. The summed E-state index contributed by atoms with van der Waals surface area (Å²) in [5, 5.41) is 24.6. The lowest BCUT2D eigenvalue weighted by Crippen LogP contribution is -2.32. The molecule has 2 amide bonds. The Hall–Kier alpha value is -4.66. The van der Waals surface area contributed by atoms with E-state index in [1.165, 1.54) is 18.2 Å². The van der Waals surface area contributed by atoms with Crippen molar-refractivity contribution in [2.45, 2.75) is 13.8 Å². The van der Waals surface area contributed by atoms with Gasteiger partial charge in [0.25, 0.3) is 17.5 Å². The number of nitrogens with one attached hydrogen (secondary N) is 2. The van der Waals surface area contributed by atoms with E-state index in [0.717, 1.165) is 12.1 Å². The van der Waals surface area contributed by atoms with Gasteiger partial charge in [-0.25, -0.2) is 0 Å². The van der Waals surface area contributed by atoms with E-state index in [1.807, 2.05) is 6.92 Å². The first-order valence-electron chi connectivity index (χ1n) is 10.1. The fourth-order valence-electron chi connectivity index (χ4n) is 2.68. The number of nitriles is 1. The molecule has 2 N–H and O–H groups in total. The smallest absolute Gasteiger partial charge is 0.325 e. The normalized spacial score (nSPS) is 9.91. The lowest BCUT2D eigenvalue weighted by atomic mass is 10.1. The summed E-state index contributed by atoms with van der Waals surface area (Å²) in [6.45, 7) is 3.22. The number of ether oxygens (including phenoxy) is 3. The zero-order chi connectivity index (χ0) is 25.1. The van der Waals surface area contributed by atoms with E-state index in [9.17, 15) is 24.5 Å². The second-order valence-electron chi connectivity index (χ2n) is 6.52. The maximum Gasteiger partial charge on any atom is 0.325 e. The summed E-state index contributed by atoms with van der Waals surface area (Å²) in [6.07, 6.45) is 0. The molecule has 34 heavy (non-hydrogen) atoms. The fourth-order valence-corrected chi connectivity index (χ4v) is 2.68. The predicted octanol–water partition coefficient (Wildman–Crippen LogP) is 2.18. The first-order chi connectivity index (χ1) is 16.3. The van der Waals surface area contributed by atoms with Crippen LogP contribution in [0.3, 0.4) is 0 Å². The second kappa shape index (κ2) is 12.4. The standard InChI is InChI=1S/C22H22N4O8/c1-3-32-18-8-5-14(10-19(18)33-4-2)22(29)24-12-21(28)34-13-20(27)25-17-7-6-16(26(30)31)9-15(17)11-23/h5-10H,3-4,12-13H2,1-2H3,(H,24,29)(H,25,27). The number of nitro benzene ring substituents is 1. The highest BCUT2D eigenvalue weighted by atomic mass is 16.6. The lowest BCUT2D eigenvalue weighted by Gasteiger charge is -2.12. The number of carbonyl (C=O) groups is 3. The molecular formula is C22H22N4O8. The van der Waals surface area contributed by atoms with Crippen molar-refractivity contribution in [1.29, 1.82) is 5.26 Å². The van der Waals surface area contributed by atoms with E-state index in [1.54, 1.807) is 19.1 Å². The highest BCUT2D eigenvalue weighted by Crippen LogP contribution is 2.28. The monoisotopic (exact) mass is 470 g/mol. The Bertz CT molecular complexity index is 1130. The number of benzene rings is 2. The van der Waals surface area contributed by atoms with Crippen LogP contribution in [0.2, 0.25) is 0 Å². The summed E-state index contributed by atoms with van der Waals surface area (Å²) in [4.78, 5) is 46.3. The van der Waals surface area contributed by atoms with Crippen molar-refractivity contribution >= 4 is 29.2 Å². The Morgan fingerprint density at radius 2 is 1.76 bits per heavy atom. The Balaban J connectivity index is 1.87. The molecule has 0 saturated carbocycles. The fraction of sp³-hybridized carbons (Fsp3) is 0.273. The maximum absolute atomic E-state index is 12.3. The predicted molar refractivity (Wildman–Crippen MR) is 119 cm³/mol. The van der Waals surface area contributed by atoms with E-state index < -0.39 is 35.9 Å². The van der Waals surface area contributed by atoms with Gasteiger partial charge in [0.2, 0.25) is 0 Å². The average Bonchev–Trinajstić information content (AvgIpc) is 2.82. The van der Waals surface area contributed by atoms with E-state index >= 15 is 0 Å². The van der Waals surface area contributed by atoms with Crippen LogP contribution >= 0.6 is 0 Å². The topological polar surface area (TPSA) is 170 Å². The molecule has 0 spiro atoms. The van der Waals surface area contributed by atoms with Gasteiger partial charge >= 0.3 is 5.97 Å². The van der Waals surface area contributed by atoms with Crippen molar-refractivity contribution in [3.63, 3.8) is 0 Å². The number of non-ortho nitro benzene ring substituents is 1. The van der Waals surface area contributed by atoms with Gasteiger partial charge in [-0.15, -0.1) is 0 Å². The number of rotatable bonds is 11. The van der Waals surface area contributed by atoms with Gasteiger partial charge in [0, 0.05) is 17.7 Å². The van der Waals surface area contributed by atoms with Crippen LogP contribution < -0.4 is 20.1 Å². The van der Waals surface area contributed by atoms with Crippen molar-refractivity contribution in [1.82, 2.24) is 5.32 Å². The first kappa shape index (κ1) is 25.6. The molecule has 2 rings (SSSR count). The molecule has 0 atom stereocenters. The summed E-state index contributed by atoms with van der Waals surface area (Å²) in [7, 11) is 0. The molecule has 0 aliphatic carbocycles. The van der Waals surface area contributed by atoms with Crippen molar-refractivity contribution in [3.8, 4) is 17.6 Å². The SMILES string of the molecule is CCOc1ccc(C(=O)NCC(=O)OCC(=O)Nc2ccc([N+](=O)[O-])cc2C#N)cc1OCC. The van der Waals surface area contributed by atoms with Crippen LogP contribution in [0, 0.1) is 21.4 Å². The van der Waals surface area contributed by atoms with E-state index in [-0.39, 0.29) is 22.5 Å². The number of nitro groups is 1. The number of anilines is 1. The minimum absolute atomic E-state index is 0.0306. The molecule has 0 fully saturated rings.